The molecule has 0 radical (unpaired) electrons. The van der Waals surface area contributed by atoms with Crippen LogP contribution in [0.1, 0.15) is 15.9 Å². The number of aromatic nitrogens is 2. The summed E-state index contributed by atoms with van der Waals surface area (Å²) in [5.41, 5.74) is 6.99. The molecule has 3 aromatic carbocycles. The lowest BCUT2D eigenvalue weighted by atomic mass is 10.2. The monoisotopic (exact) mass is 478 g/mol. The Bertz CT molecular complexity index is 1410. The maximum Gasteiger partial charge on any atom is 0.269 e. The fraction of sp³-hybridized carbons (Fsp3) is 0.0833. The third-order valence-corrected chi connectivity index (χ3v) is 5.92. The molecule has 0 unspecified atom stereocenters. The van der Waals surface area contributed by atoms with Gasteiger partial charge in [0.25, 0.3) is 11.5 Å². The van der Waals surface area contributed by atoms with Gasteiger partial charge in [0.1, 0.15) is 0 Å². The number of aryl methyl sites for hydroxylation is 1. The number of fused-ring (bicyclic) bond motifs is 1. The highest BCUT2D eigenvalue weighted by molar-refractivity contribution is 7.99. The Morgan fingerprint density at radius 3 is 2.55 bits per heavy atom. The molecule has 0 aliphatic heterocycles. The van der Waals surface area contributed by atoms with Gasteiger partial charge in [-0.3, -0.25) is 29.8 Å². The molecular formula is C24H19ClN4O3S. The van der Waals surface area contributed by atoms with Gasteiger partial charge in [-0.05, 0) is 55.0 Å². The number of hydrazine groups is 1. The molecule has 1 heterocycles. The van der Waals surface area contributed by atoms with E-state index in [9.17, 15) is 14.4 Å². The second-order valence-corrected chi connectivity index (χ2v) is 8.57. The minimum atomic E-state index is -0.444. The van der Waals surface area contributed by atoms with Gasteiger partial charge in [0.05, 0.1) is 22.3 Å². The molecule has 4 aromatic rings. The van der Waals surface area contributed by atoms with Crippen LogP contribution in [0.3, 0.4) is 0 Å². The molecule has 0 aliphatic carbocycles. The smallest absolute Gasteiger partial charge is 0.269 e. The van der Waals surface area contributed by atoms with Crippen molar-refractivity contribution in [3.8, 4) is 5.69 Å². The van der Waals surface area contributed by atoms with E-state index in [1.807, 2.05) is 31.2 Å². The number of hydrogen-bond donors (Lipinski definition) is 2. The van der Waals surface area contributed by atoms with Gasteiger partial charge in [0.2, 0.25) is 5.91 Å². The molecule has 0 saturated carbocycles. The normalized spacial score (nSPS) is 10.7. The fourth-order valence-corrected chi connectivity index (χ4v) is 4.16. The lowest BCUT2D eigenvalue weighted by molar-refractivity contribution is -0.119. The topological polar surface area (TPSA) is 93.1 Å². The van der Waals surface area contributed by atoms with Gasteiger partial charge in [-0.25, -0.2) is 4.98 Å². The van der Waals surface area contributed by atoms with E-state index in [1.165, 1.54) is 4.57 Å². The van der Waals surface area contributed by atoms with Gasteiger partial charge in [-0.1, -0.05) is 53.7 Å². The first-order valence-electron chi connectivity index (χ1n) is 9.99. The van der Waals surface area contributed by atoms with Crippen LogP contribution < -0.4 is 16.4 Å². The minimum absolute atomic E-state index is 0.0700. The Morgan fingerprint density at radius 1 is 1.00 bits per heavy atom. The molecule has 2 amide bonds. The lowest BCUT2D eigenvalue weighted by Crippen LogP contribution is -2.42. The van der Waals surface area contributed by atoms with Crippen molar-refractivity contribution < 1.29 is 9.59 Å². The Hall–Kier alpha value is -3.62. The molecule has 0 fully saturated rings. The van der Waals surface area contributed by atoms with Crippen LogP contribution in [0.25, 0.3) is 16.6 Å². The van der Waals surface area contributed by atoms with E-state index in [-0.39, 0.29) is 11.3 Å². The van der Waals surface area contributed by atoms with Crippen LogP contribution in [-0.4, -0.2) is 27.1 Å². The Labute approximate surface area is 198 Å². The van der Waals surface area contributed by atoms with Gasteiger partial charge in [0.15, 0.2) is 5.16 Å². The average molecular weight is 479 g/mol. The number of rotatable bonds is 5. The molecule has 0 bridgehead atoms. The first-order valence-corrected chi connectivity index (χ1v) is 11.3. The number of carbonyl (C=O) groups is 2. The fourth-order valence-electron chi connectivity index (χ4n) is 3.18. The molecule has 0 atom stereocenters. The zero-order valence-electron chi connectivity index (χ0n) is 17.5. The number of thioether (sulfide) groups is 1. The Morgan fingerprint density at radius 2 is 1.79 bits per heavy atom. The largest absolute Gasteiger partial charge is 0.272 e. The number of amides is 2. The zero-order valence-corrected chi connectivity index (χ0v) is 19.1. The first-order chi connectivity index (χ1) is 15.9. The Balaban J connectivity index is 1.58. The molecule has 4 rings (SSSR count). The molecule has 0 aliphatic rings. The molecule has 7 nitrogen and oxygen atoms in total. The van der Waals surface area contributed by atoms with Gasteiger partial charge in [-0.15, -0.1) is 0 Å². The van der Waals surface area contributed by atoms with E-state index >= 15 is 0 Å². The summed E-state index contributed by atoms with van der Waals surface area (Å²) in [6.45, 7) is 1.93. The van der Waals surface area contributed by atoms with Crippen LogP contribution in [0.15, 0.2) is 82.7 Å². The van der Waals surface area contributed by atoms with Crippen molar-refractivity contribution in [2.75, 3.05) is 5.75 Å². The van der Waals surface area contributed by atoms with E-state index in [0.717, 1.165) is 17.3 Å². The quantitative estimate of drug-likeness (QED) is 0.258. The first kappa shape index (κ1) is 22.6. The summed E-state index contributed by atoms with van der Waals surface area (Å²) in [4.78, 5) is 42.4. The van der Waals surface area contributed by atoms with Gasteiger partial charge >= 0.3 is 0 Å². The van der Waals surface area contributed by atoms with Crippen LogP contribution >= 0.6 is 23.4 Å². The average Bonchev–Trinajstić information content (AvgIpc) is 2.81. The molecule has 2 N–H and O–H groups in total. The third-order valence-electron chi connectivity index (χ3n) is 4.74. The maximum absolute atomic E-state index is 13.3. The highest BCUT2D eigenvalue weighted by Gasteiger charge is 2.16. The van der Waals surface area contributed by atoms with Crippen molar-refractivity contribution in [2.24, 2.45) is 0 Å². The van der Waals surface area contributed by atoms with E-state index in [0.29, 0.717) is 32.3 Å². The number of nitrogens with zero attached hydrogens (tertiary/aromatic N) is 2. The number of halogens is 1. The second kappa shape index (κ2) is 9.89. The SMILES string of the molecule is Cc1cccc(-n2c(SCC(=O)NNC(=O)c3ccccc3)nc3cc(Cl)ccc3c2=O)c1. The predicted molar refractivity (Wildman–Crippen MR) is 130 cm³/mol. The molecule has 0 saturated heterocycles. The van der Waals surface area contributed by atoms with E-state index in [4.69, 9.17) is 11.6 Å². The molecule has 1 aromatic heterocycles. The number of hydrogen-bond acceptors (Lipinski definition) is 5. The second-order valence-electron chi connectivity index (χ2n) is 7.19. The van der Waals surface area contributed by atoms with Gasteiger partial charge in [0, 0.05) is 10.6 Å². The van der Waals surface area contributed by atoms with Crippen LogP contribution in [0.5, 0.6) is 0 Å². The summed E-state index contributed by atoms with van der Waals surface area (Å²) in [6, 6.07) is 20.9. The minimum Gasteiger partial charge on any atom is -0.272 e. The van der Waals surface area contributed by atoms with Gasteiger partial charge in [-0.2, -0.15) is 0 Å². The number of carbonyl (C=O) groups excluding carboxylic acids is 2. The summed E-state index contributed by atoms with van der Waals surface area (Å²) in [6.07, 6.45) is 0. The summed E-state index contributed by atoms with van der Waals surface area (Å²) in [5, 5.41) is 1.22. The highest BCUT2D eigenvalue weighted by atomic mass is 35.5. The van der Waals surface area contributed by atoms with Crippen LogP contribution in [-0.2, 0) is 4.79 Å². The molecular weight excluding hydrogens is 460 g/mol. The molecule has 9 heteroatoms. The predicted octanol–water partition coefficient (Wildman–Crippen LogP) is 3.90. The standard InChI is InChI=1S/C24H19ClN4O3S/c1-15-6-5-9-18(12-15)29-23(32)19-11-10-17(25)13-20(19)26-24(29)33-14-21(30)27-28-22(31)16-7-3-2-4-8-16/h2-13H,14H2,1H3,(H,27,30)(H,28,31). The summed E-state index contributed by atoms with van der Waals surface area (Å²) < 4.78 is 1.48. The van der Waals surface area contributed by atoms with Gasteiger partial charge < -0.3 is 0 Å². The van der Waals surface area contributed by atoms with Crippen LogP contribution in [0.2, 0.25) is 5.02 Å². The van der Waals surface area contributed by atoms with Crippen molar-refractivity contribution in [3.05, 3.63) is 99.3 Å². The zero-order chi connectivity index (χ0) is 23.4. The van der Waals surface area contributed by atoms with E-state index < -0.39 is 11.8 Å². The molecule has 0 spiro atoms. The van der Waals surface area contributed by atoms with Crippen molar-refractivity contribution in [1.82, 2.24) is 20.4 Å². The maximum atomic E-state index is 13.3. The molecule has 166 valence electrons. The number of nitrogens with one attached hydrogen (secondary N) is 2. The Kier molecular flexibility index (Phi) is 6.76. The van der Waals surface area contributed by atoms with Crippen LogP contribution in [0.4, 0.5) is 0 Å². The van der Waals surface area contributed by atoms with Crippen molar-refractivity contribution >= 4 is 46.1 Å². The summed E-state index contributed by atoms with van der Waals surface area (Å²) in [7, 11) is 0. The number of benzene rings is 3. The van der Waals surface area contributed by atoms with Crippen molar-refractivity contribution in [1.29, 1.82) is 0 Å². The van der Waals surface area contributed by atoms with Crippen molar-refractivity contribution in [3.63, 3.8) is 0 Å². The molecule has 33 heavy (non-hydrogen) atoms. The van der Waals surface area contributed by atoms with Crippen molar-refractivity contribution in [2.45, 2.75) is 12.1 Å². The highest BCUT2D eigenvalue weighted by Crippen LogP contribution is 2.23. The summed E-state index contributed by atoms with van der Waals surface area (Å²) >= 11 is 7.17. The van der Waals surface area contributed by atoms with E-state index in [2.05, 4.69) is 15.8 Å². The summed E-state index contributed by atoms with van der Waals surface area (Å²) in [5.74, 6) is -0.941. The lowest BCUT2D eigenvalue weighted by Gasteiger charge is -2.14. The van der Waals surface area contributed by atoms with Crippen LogP contribution in [0, 0.1) is 6.92 Å². The van der Waals surface area contributed by atoms with E-state index in [1.54, 1.807) is 48.5 Å². The third kappa shape index (κ3) is 5.24.